The number of rotatable bonds is 4. The topological polar surface area (TPSA) is 87.2 Å². The number of amides is 1. The van der Waals surface area contributed by atoms with E-state index in [1.165, 1.54) is 6.07 Å². The highest BCUT2D eigenvalue weighted by molar-refractivity contribution is 5.90. The molecule has 1 heterocycles. The van der Waals surface area contributed by atoms with Gasteiger partial charge < -0.3 is 10.5 Å². The second-order valence-electron chi connectivity index (χ2n) is 4.00. The van der Waals surface area contributed by atoms with Gasteiger partial charge in [-0.15, -0.1) is 0 Å². The molecule has 0 spiro atoms. The first-order valence-corrected chi connectivity index (χ1v) is 5.96. The van der Waals surface area contributed by atoms with E-state index < -0.39 is 28.7 Å². The molecule has 0 saturated carbocycles. The van der Waals surface area contributed by atoms with Crippen molar-refractivity contribution in [2.75, 3.05) is 6.61 Å². The van der Waals surface area contributed by atoms with Crippen molar-refractivity contribution in [1.29, 1.82) is 0 Å². The van der Waals surface area contributed by atoms with Crippen LogP contribution in [0.15, 0.2) is 29.1 Å². The summed E-state index contributed by atoms with van der Waals surface area (Å²) in [5, 5.41) is 3.75. The summed E-state index contributed by atoms with van der Waals surface area (Å²) in [6, 6.07) is 3.99. The van der Waals surface area contributed by atoms with Gasteiger partial charge >= 0.3 is 0 Å². The van der Waals surface area contributed by atoms with Crippen molar-refractivity contribution in [1.82, 2.24) is 9.78 Å². The Balaban J connectivity index is 2.69. The number of halogens is 2. The van der Waals surface area contributed by atoms with Crippen LogP contribution < -0.4 is 15.9 Å². The minimum Gasteiger partial charge on any atom is -0.478 e. The average Bonchev–Trinajstić information content (AvgIpc) is 2.42. The molecule has 0 aliphatic heterocycles. The number of nitrogens with zero attached hydrogens (tertiary/aromatic N) is 2. The number of hydrogen-bond donors (Lipinski definition) is 1. The van der Waals surface area contributed by atoms with Crippen LogP contribution in [-0.2, 0) is 0 Å². The molecular weight excluding hydrogens is 284 g/mol. The second kappa shape index (κ2) is 5.70. The predicted octanol–water partition coefficient (Wildman–Crippen LogP) is 1.01. The average molecular weight is 295 g/mol. The van der Waals surface area contributed by atoms with Gasteiger partial charge in [-0.25, -0.2) is 13.5 Å². The molecule has 2 rings (SSSR count). The molecule has 2 aromatic rings. The van der Waals surface area contributed by atoms with E-state index in [1.54, 1.807) is 6.92 Å². The zero-order valence-electron chi connectivity index (χ0n) is 11.0. The van der Waals surface area contributed by atoms with Gasteiger partial charge in [-0.2, -0.15) is 5.10 Å². The van der Waals surface area contributed by atoms with Crippen molar-refractivity contribution in [3.05, 3.63) is 51.8 Å². The third-order valence-electron chi connectivity index (χ3n) is 2.57. The van der Waals surface area contributed by atoms with E-state index in [2.05, 4.69) is 5.10 Å². The number of primary amides is 1. The van der Waals surface area contributed by atoms with Crippen molar-refractivity contribution in [2.45, 2.75) is 6.92 Å². The van der Waals surface area contributed by atoms with E-state index >= 15 is 0 Å². The Kier molecular flexibility index (Phi) is 3.97. The zero-order valence-corrected chi connectivity index (χ0v) is 11.0. The first-order valence-electron chi connectivity index (χ1n) is 5.96. The molecule has 0 bridgehead atoms. The maximum atomic E-state index is 13.3. The Bertz CT molecular complexity index is 759. The molecule has 0 radical (unpaired) electrons. The van der Waals surface area contributed by atoms with E-state index in [9.17, 15) is 18.4 Å². The van der Waals surface area contributed by atoms with Gasteiger partial charge in [0.2, 0.25) is 11.3 Å². The normalized spacial score (nSPS) is 10.4. The van der Waals surface area contributed by atoms with E-state index in [4.69, 9.17) is 10.5 Å². The van der Waals surface area contributed by atoms with Gasteiger partial charge in [0, 0.05) is 6.07 Å². The molecular formula is C13H11F2N3O3. The molecule has 0 aliphatic carbocycles. The van der Waals surface area contributed by atoms with Crippen LogP contribution in [0.25, 0.3) is 5.69 Å². The first-order chi connectivity index (χ1) is 9.93. The third-order valence-corrected chi connectivity index (χ3v) is 2.57. The van der Waals surface area contributed by atoms with Crippen LogP contribution in [0.3, 0.4) is 0 Å². The quantitative estimate of drug-likeness (QED) is 0.911. The Morgan fingerprint density at radius 2 is 2.05 bits per heavy atom. The molecule has 0 atom stereocenters. The van der Waals surface area contributed by atoms with E-state index in [0.29, 0.717) is 0 Å². The molecule has 1 amide bonds. The summed E-state index contributed by atoms with van der Waals surface area (Å²) in [6.45, 7) is 1.88. The molecule has 0 unspecified atom stereocenters. The van der Waals surface area contributed by atoms with Gasteiger partial charge in [0.15, 0.2) is 17.3 Å². The van der Waals surface area contributed by atoms with Crippen LogP contribution in [0.2, 0.25) is 0 Å². The smallest absolute Gasteiger partial charge is 0.273 e. The Labute approximate surface area is 117 Å². The zero-order chi connectivity index (χ0) is 15.6. The molecule has 1 aromatic heterocycles. The summed E-state index contributed by atoms with van der Waals surface area (Å²) in [7, 11) is 0. The summed E-state index contributed by atoms with van der Waals surface area (Å²) < 4.78 is 32.5. The molecule has 6 nitrogen and oxygen atoms in total. The van der Waals surface area contributed by atoms with Crippen molar-refractivity contribution in [2.24, 2.45) is 5.73 Å². The van der Waals surface area contributed by atoms with Gasteiger partial charge in [-0.3, -0.25) is 9.59 Å². The van der Waals surface area contributed by atoms with Gasteiger partial charge in [-0.1, -0.05) is 0 Å². The number of ether oxygens (including phenoxy) is 1. The Morgan fingerprint density at radius 1 is 1.33 bits per heavy atom. The van der Waals surface area contributed by atoms with Crippen LogP contribution >= 0.6 is 0 Å². The minimum atomic E-state index is -1.10. The fraction of sp³-hybridized carbons (Fsp3) is 0.154. The maximum absolute atomic E-state index is 13.3. The fourth-order valence-corrected chi connectivity index (χ4v) is 1.66. The van der Waals surface area contributed by atoms with Gasteiger partial charge in [-0.05, 0) is 19.1 Å². The summed E-state index contributed by atoms with van der Waals surface area (Å²) >= 11 is 0. The highest BCUT2D eigenvalue weighted by atomic mass is 19.2. The molecule has 0 fully saturated rings. The molecule has 1 aromatic carbocycles. The van der Waals surface area contributed by atoms with Crippen LogP contribution in [-0.4, -0.2) is 22.3 Å². The molecule has 0 aliphatic rings. The number of nitrogens with two attached hydrogens (primary N) is 1. The van der Waals surface area contributed by atoms with Crippen molar-refractivity contribution >= 4 is 5.91 Å². The van der Waals surface area contributed by atoms with E-state index in [1.807, 2.05) is 0 Å². The number of hydrogen-bond acceptors (Lipinski definition) is 4. The van der Waals surface area contributed by atoms with Gasteiger partial charge in [0.05, 0.1) is 18.4 Å². The third kappa shape index (κ3) is 2.88. The monoisotopic (exact) mass is 295 g/mol. The number of carbonyl (C=O) groups is 1. The van der Waals surface area contributed by atoms with Crippen molar-refractivity contribution < 1.29 is 18.3 Å². The Morgan fingerprint density at radius 3 is 2.62 bits per heavy atom. The minimum absolute atomic E-state index is 0.0153. The number of aromatic nitrogens is 2. The largest absolute Gasteiger partial charge is 0.478 e. The van der Waals surface area contributed by atoms with Gasteiger partial charge in [0.1, 0.15) is 0 Å². The van der Waals surface area contributed by atoms with Crippen LogP contribution in [0.5, 0.6) is 5.88 Å². The lowest BCUT2D eigenvalue weighted by atomic mass is 10.3. The lowest BCUT2D eigenvalue weighted by molar-refractivity contribution is 0.0992. The molecule has 0 saturated heterocycles. The molecule has 110 valence electrons. The number of carbonyl (C=O) groups excluding carboxylic acids is 1. The number of benzene rings is 1. The molecule has 8 heteroatoms. The first kappa shape index (κ1) is 14.6. The van der Waals surface area contributed by atoms with Crippen molar-refractivity contribution in [3.8, 4) is 11.6 Å². The Hall–Kier alpha value is -2.77. The van der Waals surface area contributed by atoms with Crippen molar-refractivity contribution in [3.63, 3.8) is 0 Å². The highest BCUT2D eigenvalue weighted by Crippen LogP contribution is 2.17. The second-order valence-corrected chi connectivity index (χ2v) is 4.00. The summed E-state index contributed by atoms with van der Waals surface area (Å²) in [5.41, 5.74) is 3.89. The highest BCUT2D eigenvalue weighted by Gasteiger charge is 2.16. The molecule has 21 heavy (non-hydrogen) atoms. The lowest BCUT2D eigenvalue weighted by Gasteiger charge is -2.13. The lowest BCUT2D eigenvalue weighted by Crippen LogP contribution is -2.27. The maximum Gasteiger partial charge on any atom is 0.273 e. The standard InChI is InChI=1S/C13H11F2N3O3/c1-2-21-11-6-10(19)12(13(16)20)17-18(11)7-3-4-8(14)9(15)5-7/h3-6H,2H2,1H3,(H2,16,20). The van der Waals surface area contributed by atoms with Crippen LogP contribution in [0, 0.1) is 11.6 Å². The summed E-state index contributed by atoms with van der Waals surface area (Å²) in [4.78, 5) is 22.8. The van der Waals surface area contributed by atoms with E-state index in [0.717, 1.165) is 22.9 Å². The molecule has 2 N–H and O–H groups in total. The predicted molar refractivity (Wildman–Crippen MR) is 69.4 cm³/mol. The van der Waals surface area contributed by atoms with E-state index in [-0.39, 0.29) is 18.2 Å². The fourth-order valence-electron chi connectivity index (χ4n) is 1.66. The van der Waals surface area contributed by atoms with Gasteiger partial charge in [0.25, 0.3) is 5.91 Å². The van der Waals surface area contributed by atoms with Crippen LogP contribution in [0.1, 0.15) is 17.4 Å². The summed E-state index contributed by atoms with van der Waals surface area (Å²) in [5.74, 6) is -3.18. The summed E-state index contributed by atoms with van der Waals surface area (Å²) in [6.07, 6.45) is 0. The SMILES string of the molecule is CCOc1cc(=O)c(C(N)=O)nn1-c1ccc(F)c(F)c1. The van der Waals surface area contributed by atoms with Crippen LogP contribution in [0.4, 0.5) is 8.78 Å².